The van der Waals surface area contributed by atoms with Gasteiger partial charge in [0.1, 0.15) is 0 Å². The van der Waals surface area contributed by atoms with Gasteiger partial charge in [0.2, 0.25) is 5.91 Å². The van der Waals surface area contributed by atoms with Crippen LogP contribution in [0, 0.1) is 11.8 Å². The maximum absolute atomic E-state index is 11.4. The number of aliphatic carboxylic acids is 1. The first-order valence-corrected chi connectivity index (χ1v) is 4.90. The van der Waals surface area contributed by atoms with Crippen molar-refractivity contribution in [2.45, 2.75) is 33.1 Å². The van der Waals surface area contributed by atoms with E-state index in [0.717, 1.165) is 6.42 Å². The summed E-state index contributed by atoms with van der Waals surface area (Å²) in [7, 11) is 1.58. The fourth-order valence-electron chi connectivity index (χ4n) is 1.43. The third-order valence-corrected chi connectivity index (χ3v) is 2.08. The molecule has 0 rings (SSSR count). The van der Waals surface area contributed by atoms with Crippen molar-refractivity contribution >= 4 is 11.9 Å². The largest absolute Gasteiger partial charge is 0.481 e. The summed E-state index contributed by atoms with van der Waals surface area (Å²) in [4.78, 5) is 21.7. The maximum Gasteiger partial charge on any atom is 0.303 e. The number of carboxylic acid groups (broad SMARTS) is 1. The van der Waals surface area contributed by atoms with E-state index in [2.05, 4.69) is 5.32 Å². The van der Waals surface area contributed by atoms with Gasteiger partial charge in [0, 0.05) is 19.4 Å². The lowest BCUT2D eigenvalue weighted by Crippen LogP contribution is -2.28. The molecule has 1 atom stereocenters. The van der Waals surface area contributed by atoms with Crippen LogP contribution in [0.5, 0.6) is 0 Å². The first kappa shape index (κ1) is 12.9. The number of carboxylic acids is 1. The summed E-state index contributed by atoms with van der Waals surface area (Å²) in [5.41, 5.74) is 0. The standard InChI is InChI=1S/C10H19NO3/c1-7(2)6-8(10(14)11-3)4-5-9(12)13/h7-8H,4-6H2,1-3H3,(H,11,14)(H,12,13). The molecule has 0 aliphatic heterocycles. The molecule has 0 aromatic heterocycles. The smallest absolute Gasteiger partial charge is 0.303 e. The quantitative estimate of drug-likeness (QED) is 0.680. The van der Waals surface area contributed by atoms with Crippen LogP contribution in [0.25, 0.3) is 0 Å². The number of carbonyl (C=O) groups is 2. The number of hydrogen-bond acceptors (Lipinski definition) is 2. The molecule has 0 spiro atoms. The molecule has 0 aliphatic rings. The molecule has 0 aliphatic carbocycles. The van der Waals surface area contributed by atoms with E-state index in [0.29, 0.717) is 12.3 Å². The zero-order valence-electron chi connectivity index (χ0n) is 9.04. The molecule has 0 aromatic rings. The van der Waals surface area contributed by atoms with E-state index in [9.17, 15) is 9.59 Å². The van der Waals surface area contributed by atoms with Crippen LogP contribution < -0.4 is 5.32 Å². The molecule has 1 unspecified atom stereocenters. The van der Waals surface area contributed by atoms with Crippen LogP contribution in [0.4, 0.5) is 0 Å². The minimum absolute atomic E-state index is 0.0556. The predicted molar refractivity (Wildman–Crippen MR) is 53.9 cm³/mol. The van der Waals surface area contributed by atoms with Crippen molar-refractivity contribution in [3.8, 4) is 0 Å². The Kier molecular flexibility index (Phi) is 5.92. The number of hydrogen-bond donors (Lipinski definition) is 2. The van der Waals surface area contributed by atoms with Crippen LogP contribution in [0.1, 0.15) is 33.1 Å². The minimum Gasteiger partial charge on any atom is -0.481 e. The summed E-state index contributed by atoms with van der Waals surface area (Å²) >= 11 is 0. The highest BCUT2D eigenvalue weighted by atomic mass is 16.4. The number of amides is 1. The van der Waals surface area contributed by atoms with E-state index in [4.69, 9.17) is 5.11 Å². The Morgan fingerprint density at radius 3 is 2.29 bits per heavy atom. The van der Waals surface area contributed by atoms with E-state index < -0.39 is 5.97 Å². The van der Waals surface area contributed by atoms with E-state index in [-0.39, 0.29) is 18.2 Å². The highest BCUT2D eigenvalue weighted by Crippen LogP contribution is 2.17. The highest BCUT2D eigenvalue weighted by Gasteiger charge is 2.19. The zero-order chi connectivity index (χ0) is 11.1. The van der Waals surface area contributed by atoms with Gasteiger partial charge in [-0.25, -0.2) is 0 Å². The fraction of sp³-hybridized carbons (Fsp3) is 0.800. The number of carbonyl (C=O) groups excluding carboxylic acids is 1. The predicted octanol–water partition coefficient (Wildman–Crippen LogP) is 1.26. The molecule has 0 heterocycles. The van der Waals surface area contributed by atoms with Gasteiger partial charge in [0.25, 0.3) is 0 Å². The molecule has 4 heteroatoms. The van der Waals surface area contributed by atoms with Crippen molar-refractivity contribution in [3.63, 3.8) is 0 Å². The van der Waals surface area contributed by atoms with Crippen molar-refractivity contribution in [3.05, 3.63) is 0 Å². The molecule has 0 radical (unpaired) electrons. The Bertz CT molecular complexity index is 202. The molecule has 0 bridgehead atoms. The molecular formula is C10H19NO3. The highest BCUT2D eigenvalue weighted by molar-refractivity contribution is 5.79. The second kappa shape index (κ2) is 6.40. The van der Waals surface area contributed by atoms with Gasteiger partial charge in [0.05, 0.1) is 0 Å². The summed E-state index contributed by atoms with van der Waals surface area (Å²) in [6.07, 6.45) is 1.23. The first-order chi connectivity index (χ1) is 6.47. The van der Waals surface area contributed by atoms with Crippen molar-refractivity contribution < 1.29 is 14.7 Å². The lowest BCUT2D eigenvalue weighted by molar-refractivity contribution is -0.137. The first-order valence-electron chi connectivity index (χ1n) is 4.90. The molecule has 14 heavy (non-hydrogen) atoms. The van der Waals surface area contributed by atoms with Gasteiger partial charge in [-0.3, -0.25) is 9.59 Å². The van der Waals surface area contributed by atoms with Gasteiger partial charge in [-0.05, 0) is 18.8 Å². The van der Waals surface area contributed by atoms with Gasteiger partial charge in [0.15, 0.2) is 0 Å². The van der Waals surface area contributed by atoms with Crippen LogP contribution in [0.2, 0.25) is 0 Å². The normalized spacial score (nSPS) is 12.6. The van der Waals surface area contributed by atoms with Gasteiger partial charge in [-0.2, -0.15) is 0 Å². The van der Waals surface area contributed by atoms with Crippen molar-refractivity contribution in [1.29, 1.82) is 0 Å². The third kappa shape index (κ3) is 5.56. The van der Waals surface area contributed by atoms with Gasteiger partial charge < -0.3 is 10.4 Å². The summed E-state index contributed by atoms with van der Waals surface area (Å²) in [6, 6.07) is 0. The average molecular weight is 201 g/mol. The molecule has 1 amide bonds. The Morgan fingerprint density at radius 2 is 1.93 bits per heavy atom. The van der Waals surface area contributed by atoms with Gasteiger partial charge in [-0.15, -0.1) is 0 Å². The van der Waals surface area contributed by atoms with Crippen molar-refractivity contribution in [2.75, 3.05) is 7.05 Å². The molecule has 2 N–H and O–H groups in total. The molecule has 0 fully saturated rings. The number of rotatable bonds is 6. The SMILES string of the molecule is CNC(=O)C(CCC(=O)O)CC(C)C. The van der Waals surface area contributed by atoms with Crippen LogP contribution in [0.3, 0.4) is 0 Å². The number of nitrogens with one attached hydrogen (secondary N) is 1. The molecule has 82 valence electrons. The lowest BCUT2D eigenvalue weighted by Gasteiger charge is -2.16. The molecule has 0 aromatic carbocycles. The second-order valence-electron chi connectivity index (χ2n) is 3.87. The van der Waals surface area contributed by atoms with Crippen LogP contribution in [0.15, 0.2) is 0 Å². The fourth-order valence-corrected chi connectivity index (χ4v) is 1.43. The van der Waals surface area contributed by atoms with Crippen LogP contribution in [-0.2, 0) is 9.59 Å². The van der Waals surface area contributed by atoms with Crippen LogP contribution >= 0.6 is 0 Å². The van der Waals surface area contributed by atoms with Crippen molar-refractivity contribution in [2.24, 2.45) is 11.8 Å². The summed E-state index contributed by atoms with van der Waals surface area (Å²) in [5, 5.41) is 11.1. The third-order valence-electron chi connectivity index (χ3n) is 2.08. The Balaban J connectivity index is 4.10. The summed E-state index contributed by atoms with van der Waals surface area (Å²) in [5.74, 6) is -0.662. The molecule has 0 saturated carbocycles. The topological polar surface area (TPSA) is 66.4 Å². The summed E-state index contributed by atoms with van der Waals surface area (Å²) in [6.45, 7) is 4.05. The molecular weight excluding hydrogens is 182 g/mol. The van der Waals surface area contributed by atoms with E-state index in [1.807, 2.05) is 13.8 Å². The minimum atomic E-state index is -0.845. The Labute approximate surface area is 84.7 Å². The van der Waals surface area contributed by atoms with Gasteiger partial charge in [-0.1, -0.05) is 13.8 Å². The lowest BCUT2D eigenvalue weighted by atomic mass is 9.92. The van der Waals surface area contributed by atoms with E-state index in [1.54, 1.807) is 7.05 Å². The van der Waals surface area contributed by atoms with Crippen LogP contribution in [-0.4, -0.2) is 24.0 Å². The Hall–Kier alpha value is -1.06. The zero-order valence-corrected chi connectivity index (χ0v) is 9.04. The average Bonchev–Trinajstić information content (AvgIpc) is 2.10. The Morgan fingerprint density at radius 1 is 1.36 bits per heavy atom. The van der Waals surface area contributed by atoms with E-state index >= 15 is 0 Å². The maximum atomic E-state index is 11.4. The summed E-state index contributed by atoms with van der Waals surface area (Å²) < 4.78 is 0. The molecule has 4 nitrogen and oxygen atoms in total. The van der Waals surface area contributed by atoms with Gasteiger partial charge >= 0.3 is 5.97 Å². The monoisotopic (exact) mass is 201 g/mol. The molecule has 0 saturated heterocycles. The second-order valence-corrected chi connectivity index (χ2v) is 3.87. The van der Waals surface area contributed by atoms with E-state index in [1.165, 1.54) is 0 Å². The van der Waals surface area contributed by atoms with Crippen molar-refractivity contribution in [1.82, 2.24) is 5.32 Å².